The Bertz CT molecular complexity index is 1250. The van der Waals surface area contributed by atoms with E-state index in [9.17, 15) is 23.5 Å². The maximum absolute atomic E-state index is 13.5. The van der Waals surface area contributed by atoms with E-state index >= 15 is 0 Å². The van der Waals surface area contributed by atoms with Gasteiger partial charge < -0.3 is 10.0 Å². The Morgan fingerprint density at radius 2 is 1.53 bits per heavy atom. The number of hydrogen-bond acceptors (Lipinski definition) is 5. The molecule has 3 aromatic rings. The number of benzene rings is 3. The van der Waals surface area contributed by atoms with Crippen molar-refractivity contribution in [2.24, 2.45) is 11.3 Å². The summed E-state index contributed by atoms with van der Waals surface area (Å²) in [5.41, 5.74) is 1.72. The molecule has 0 bridgehead atoms. The number of amides is 1. The van der Waals surface area contributed by atoms with Gasteiger partial charge in [-0.3, -0.25) is 14.6 Å². The molecule has 1 saturated heterocycles. The lowest BCUT2D eigenvalue weighted by Gasteiger charge is -2.48. The van der Waals surface area contributed by atoms with E-state index in [0.29, 0.717) is 29.8 Å². The van der Waals surface area contributed by atoms with Crippen molar-refractivity contribution in [1.82, 2.24) is 0 Å². The van der Waals surface area contributed by atoms with Crippen LogP contribution in [0.25, 0.3) is 0 Å². The lowest BCUT2D eigenvalue weighted by Crippen LogP contribution is -2.55. The van der Waals surface area contributed by atoms with Crippen molar-refractivity contribution in [1.29, 1.82) is 0 Å². The Morgan fingerprint density at radius 3 is 2.11 bits per heavy atom. The fourth-order valence-corrected chi connectivity index (χ4v) is 4.57. The summed E-state index contributed by atoms with van der Waals surface area (Å²) in [6.45, 7) is 5.76. The zero-order valence-electron chi connectivity index (χ0n) is 21.6. The zero-order valence-corrected chi connectivity index (χ0v) is 21.6. The normalized spacial score (nSPS) is 18.1. The molecule has 3 aromatic carbocycles. The first-order valence-electron chi connectivity index (χ1n) is 12.5. The lowest BCUT2D eigenvalue weighted by atomic mass is 9.78. The largest absolute Gasteiger partial charge is 0.388 e. The maximum Gasteiger partial charge on any atom is 0.355 e. The average Bonchev–Trinajstić information content (AvgIpc) is 2.87. The average molecular weight is 524 g/mol. The Kier molecular flexibility index (Phi) is 8.11. The van der Waals surface area contributed by atoms with Gasteiger partial charge in [0.25, 0.3) is 0 Å². The molecular formula is C30H31F2NO5. The highest BCUT2D eigenvalue weighted by Gasteiger charge is 2.48. The molecule has 0 aliphatic carbocycles. The van der Waals surface area contributed by atoms with Crippen LogP contribution < -0.4 is 9.79 Å². The Hall–Kier alpha value is -3.78. The van der Waals surface area contributed by atoms with Crippen LogP contribution in [-0.2, 0) is 14.5 Å². The first-order valence-corrected chi connectivity index (χ1v) is 12.5. The molecule has 6 nitrogen and oxygen atoms in total. The van der Waals surface area contributed by atoms with Crippen molar-refractivity contribution in [3.63, 3.8) is 0 Å². The monoisotopic (exact) mass is 523 g/mol. The van der Waals surface area contributed by atoms with Crippen molar-refractivity contribution >= 4 is 17.6 Å². The first-order chi connectivity index (χ1) is 18.0. The van der Waals surface area contributed by atoms with Crippen LogP contribution in [0.4, 0.5) is 14.5 Å². The summed E-state index contributed by atoms with van der Waals surface area (Å²) in [7, 11) is 0. The molecule has 1 N–H and O–H groups in total. The number of rotatable bonds is 9. The molecule has 0 radical (unpaired) electrons. The fourth-order valence-electron chi connectivity index (χ4n) is 4.57. The molecule has 1 aliphatic rings. The number of nitrogens with zero attached hydrogens (tertiary/aromatic N) is 1. The second kappa shape index (κ2) is 11.3. The molecule has 0 saturated carbocycles. The molecule has 0 unspecified atom stereocenters. The molecule has 4 rings (SSSR count). The van der Waals surface area contributed by atoms with Crippen LogP contribution in [0.5, 0.6) is 5.75 Å². The van der Waals surface area contributed by atoms with Crippen LogP contribution in [-0.4, -0.2) is 17.0 Å². The number of carbonyl (C=O) groups is 2. The highest BCUT2D eigenvalue weighted by atomic mass is 19.1. The van der Waals surface area contributed by atoms with Crippen molar-refractivity contribution in [3.05, 3.63) is 95.6 Å². The van der Waals surface area contributed by atoms with Crippen molar-refractivity contribution in [3.8, 4) is 5.75 Å². The van der Waals surface area contributed by atoms with E-state index in [1.807, 2.05) is 20.8 Å². The van der Waals surface area contributed by atoms with E-state index in [2.05, 4.69) is 0 Å². The highest BCUT2D eigenvalue weighted by molar-refractivity contribution is 6.03. The second-order valence-corrected chi connectivity index (χ2v) is 10.7. The number of aliphatic hydroxyl groups excluding tert-OH is 1. The molecule has 1 heterocycles. The summed E-state index contributed by atoms with van der Waals surface area (Å²) in [5.74, 6) is -1.50. The quantitative estimate of drug-likeness (QED) is 0.198. The molecule has 0 aromatic heterocycles. The van der Waals surface area contributed by atoms with Crippen LogP contribution in [0, 0.1) is 23.0 Å². The van der Waals surface area contributed by atoms with Gasteiger partial charge in [-0.15, -0.1) is 0 Å². The summed E-state index contributed by atoms with van der Waals surface area (Å²) >= 11 is 0. The molecule has 38 heavy (non-hydrogen) atoms. The fraction of sp³-hybridized carbons (Fsp3) is 0.333. The van der Waals surface area contributed by atoms with Gasteiger partial charge >= 0.3 is 5.97 Å². The number of hydrogen-bond donors (Lipinski definition) is 1. The first kappa shape index (κ1) is 27.3. The van der Waals surface area contributed by atoms with Crippen LogP contribution in [0.1, 0.15) is 63.3 Å². The van der Waals surface area contributed by atoms with E-state index in [1.165, 1.54) is 36.4 Å². The van der Waals surface area contributed by atoms with Gasteiger partial charge in [-0.2, -0.15) is 0 Å². The van der Waals surface area contributed by atoms with Crippen molar-refractivity contribution in [2.75, 3.05) is 4.90 Å². The molecule has 1 amide bonds. The molecular weight excluding hydrogens is 492 g/mol. The highest BCUT2D eigenvalue weighted by Crippen LogP contribution is 2.46. The maximum atomic E-state index is 13.5. The third-order valence-corrected chi connectivity index (χ3v) is 6.45. The van der Waals surface area contributed by atoms with Crippen molar-refractivity contribution < 1.29 is 33.3 Å². The third kappa shape index (κ3) is 6.55. The molecule has 0 spiro atoms. The van der Waals surface area contributed by atoms with E-state index in [-0.39, 0.29) is 29.6 Å². The number of halogens is 2. The molecule has 8 heteroatoms. The number of aliphatic hydroxyl groups is 1. The van der Waals surface area contributed by atoms with Gasteiger partial charge in [-0.1, -0.05) is 45.0 Å². The van der Waals surface area contributed by atoms with Gasteiger partial charge in [-0.05, 0) is 77.9 Å². The summed E-state index contributed by atoms with van der Waals surface area (Å²) < 4.78 is 26.8. The van der Waals surface area contributed by atoms with Gasteiger partial charge in [0.2, 0.25) is 5.91 Å². The predicted molar refractivity (Wildman–Crippen MR) is 138 cm³/mol. The lowest BCUT2D eigenvalue weighted by molar-refractivity contribution is -0.215. The van der Waals surface area contributed by atoms with Gasteiger partial charge in [-0.25, -0.2) is 13.6 Å². The molecule has 1 fully saturated rings. The smallest absolute Gasteiger partial charge is 0.355 e. The molecule has 200 valence electrons. The van der Waals surface area contributed by atoms with E-state index in [4.69, 9.17) is 9.78 Å². The number of carbonyl (C=O) groups excluding carboxylic acids is 2. The Labute approximate surface area is 220 Å². The van der Waals surface area contributed by atoms with Gasteiger partial charge in [0.05, 0.1) is 24.5 Å². The number of anilines is 1. The third-order valence-electron chi connectivity index (χ3n) is 6.45. The van der Waals surface area contributed by atoms with Gasteiger partial charge in [0, 0.05) is 5.69 Å². The van der Waals surface area contributed by atoms with Crippen LogP contribution in [0.15, 0.2) is 72.8 Å². The van der Waals surface area contributed by atoms with E-state index in [1.54, 1.807) is 41.3 Å². The Balaban J connectivity index is 1.48. The summed E-state index contributed by atoms with van der Waals surface area (Å²) in [6.07, 6.45) is 0.0544. The number of β-lactam (4-membered cyclic amide) rings is 1. The summed E-state index contributed by atoms with van der Waals surface area (Å²) in [5, 5.41) is 10.6. The summed E-state index contributed by atoms with van der Waals surface area (Å²) in [6, 6.07) is 17.8. The topological polar surface area (TPSA) is 76.1 Å². The molecule has 1 aliphatic heterocycles. The standard InChI is InChI=1S/C30H31F2NO5/c1-30(2,3)18-27(35)38-37-24-14-6-20(7-15-24)28-25(16-17-26(34)19-4-8-21(31)9-5-19)29(36)33(28)23-12-10-22(32)11-13-23/h4-15,25-26,28,34H,16-18H2,1-3H3/t25-,26+,28-/m1/s1. The second-order valence-electron chi connectivity index (χ2n) is 10.7. The van der Waals surface area contributed by atoms with Crippen LogP contribution in [0.3, 0.4) is 0 Å². The summed E-state index contributed by atoms with van der Waals surface area (Å²) in [4.78, 5) is 36.8. The van der Waals surface area contributed by atoms with Crippen LogP contribution >= 0.6 is 0 Å². The Morgan fingerprint density at radius 1 is 0.947 bits per heavy atom. The minimum atomic E-state index is -0.845. The van der Waals surface area contributed by atoms with Crippen LogP contribution in [0.2, 0.25) is 0 Å². The minimum Gasteiger partial charge on any atom is -0.388 e. The van der Waals surface area contributed by atoms with Crippen molar-refractivity contribution in [2.45, 2.75) is 52.2 Å². The molecule has 3 atom stereocenters. The SMILES string of the molecule is CC(C)(C)CC(=O)OOc1ccc([C@@H]2[C@@H](CC[C@H](O)c3ccc(F)cc3)C(=O)N2c2ccc(F)cc2)cc1. The van der Waals surface area contributed by atoms with E-state index in [0.717, 1.165) is 5.56 Å². The predicted octanol–water partition coefficient (Wildman–Crippen LogP) is 6.46. The van der Waals surface area contributed by atoms with Gasteiger partial charge in [0.15, 0.2) is 5.75 Å². The van der Waals surface area contributed by atoms with E-state index < -0.39 is 23.8 Å². The van der Waals surface area contributed by atoms with Gasteiger partial charge in [0.1, 0.15) is 11.6 Å². The zero-order chi connectivity index (χ0) is 27.4. The minimum absolute atomic E-state index is 0.135.